The van der Waals surface area contributed by atoms with Crippen molar-refractivity contribution in [3.8, 4) is 16.2 Å². The number of carbonyl (C=O) groups is 3. The normalized spacial score (nSPS) is 13.6. The molecule has 0 aliphatic carbocycles. The summed E-state index contributed by atoms with van der Waals surface area (Å²) in [6, 6.07) is 17.1. The molecular weight excluding hydrogens is 574 g/mol. The van der Waals surface area contributed by atoms with Gasteiger partial charge in [0, 0.05) is 31.0 Å². The van der Waals surface area contributed by atoms with Crippen molar-refractivity contribution in [1.29, 1.82) is 0 Å². The first-order chi connectivity index (χ1) is 18.4. The molecule has 0 radical (unpaired) electrons. The van der Waals surface area contributed by atoms with Crippen LogP contribution in [0.1, 0.15) is 22.5 Å². The van der Waals surface area contributed by atoms with Crippen LogP contribution in [0.15, 0.2) is 59.1 Å². The van der Waals surface area contributed by atoms with Crippen molar-refractivity contribution in [3.63, 3.8) is 0 Å². The van der Waals surface area contributed by atoms with Crippen molar-refractivity contribution in [2.75, 3.05) is 44.0 Å². The third-order valence-electron chi connectivity index (χ3n) is 6.17. The molecule has 1 aliphatic heterocycles. The molecule has 2 amide bonds. The maximum Gasteiger partial charge on any atom is 0.351 e. The molecule has 200 valence electrons. The van der Waals surface area contributed by atoms with E-state index in [1.807, 2.05) is 59.5 Å². The summed E-state index contributed by atoms with van der Waals surface area (Å²) < 4.78 is 10.7. The predicted octanol–water partition coefficient (Wildman–Crippen LogP) is 5.78. The largest absolute Gasteiger partial charge is 0.479 e. The summed E-state index contributed by atoms with van der Waals surface area (Å²) in [7, 11) is 1.27. The summed E-state index contributed by atoms with van der Waals surface area (Å²) in [6.07, 6.45) is 1.80. The molecule has 9 nitrogen and oxygen atoms in total. The molecule has 3 aromatic rings. The number of carboxylic acids is 1. The van der Waals surface area contributed by atoms with E-state index in [2.05, 4.69) is 26.6 Å². The molecule has 0 unspecified atom stereocenters. The van der Waals surface area contributed by atoms with Gasteiger partial charge in [-0.15, -0.1) is 11.3 Å². The zero-order chi connectivity index (χ0) is 27.1. The van der Waals surface area contributed by atoms with Crippen LogP contribution >= 0.6 is 27.3 Å². The number of thiophene rings is 1. The molecule has 0 spiro atoms. The van der Waals surface area contributed by atoms with Gasteiger partial charge in [0.15, 0.2) is 17.2 Å². The molecule has 38 heavy (non-hydrogen) atoms. The third-order valence-corrected chi connectivity index (χ3v) is 8.39. The Morgan fingerprint density at radius 2 is 1.79 bits per heavy atom. The Morgan fingerprint density at radius 1 is 1.08 bits per heavy atom. The van der Waals surface area contributed by atoms with Crippen LogP contribution in [0.25, 0.3) is 10.4 Å². The number of benzene rings is 2. The van der Waals surface area contributed by atoms with Gasteiger partial charge in [0.2, 0.25) is 0 Å². The quantitative estimate of drug-likeness (QED) is 0.266. The Morgan fingerprint density at radius 3 is 2.47 bits per heavy atom. The van der Waals surface area contributed by atoms with Crippen LogP contribution in [-0.4, -0.2) is 61.3 Å². The number of anilines is 2. The average molecular weight is 603 g/mol. The van der Waals surface area contributed by atoms with E-state index in [0.29, 0.717) is 23.5 Å². The fourth-order valence-corrected chi connectivity index (χ4v) is 6.14. The number of ether oxygens (including phenoxy) is 2. The van der Waals surface area contributed by atoms with Crippen LogP contribution in [0.3, 0.4) is 0 Å². The van der Waals surface area contributed by atoms with Gasteiger partial charge < -0.3 is 30.1 Å². The van der Waals surface area contributed by atoms with Crippen LogP contribution in [-0.2, 0) is 9.53 Å². The molecule has 2 heterocycles. The number of hydrogen-bond acceptors (Lipinski definition) is 7. The second kappa shape index (κ2) is 12.8. The summed E-state index contributed by atoms with van der Waals surface area (Å²) in [4.78, 5) is 38.6. The number of hydrogen-bond donors (Lipinski definition) is 3. The minimum Gasteiger partial charge on any atom is -0.479 e. The molecular formula is C27H28BrN3O6S. The smallest absolute Gasteiger partial charge is 0.351 e. The summed E-state index contributed by atoms with van der Waals surface area (Å²) in [5.74, 6) is -1.16. The Kier molecular flexibility index (Phi) is 9.24. The fourth-order valence-electron chi connectivity index (χ4n) is 4.17. The number of esters is 1. The van der Waals surface area contributed by atoms with Gasteiger partial charge in [-0.2, -0.15) is 0 Å². The van der Waals surface area contributed by atoms with Gasteiger partial charge in [-0.25, -0.2) is 14.4 Å². The molecule has 1 aliphatic rings. The van der Waals surface area contributed by atoms with E-state index in [-0.39, 0.29) is 16.7 Å². The first-order valence-corrected chi connectivity index (χ1v) is 13.7. The van der Waals surface area contributed by atoms with Crippen molar-refractivity contribution in [2.24, 2.45) is 5.92 Å². The Labute approximate surface area is 232 Å². The lowest BCUT2D eigenvalue weighted by Gasteiger charge is -2.32. The van der Waals surface area contributed by atoms with Crippen molar-refractivity contribution < 1.29 is 29.0 Å². The predicted molar refractivity (Wildman–Crippen MR) is 150 cm³/mol. The van der Waals surface area contributed by atoms with Crippen LogP contribution < -0.4 is 15.4 Å². The van der Waals surface area contributed by atoms with Gasteiger partial charge in [-0.3, -0.25) is 0 Å². The second-order valence-corrected chi connectivity index (χ2v) is 10.6. The number of para-hydroxylation sites is 1. The number of rotatable bonds is 9. The Balaban J connectivity index is 1.36. The Bertz CT molecular complexity index is 1290. The fraction of sp³-hybridized carbons (Fsp3) is 0.296. The number of likely N-dealkylation sites (tertiary alicyclic amines) is 1. The van der Waals surface area contributed by atoms with E-state index >= 15 is 0 Å². The highest BCUT2D eigenvalue weighted by atomic mass is 79.9. The Hall–Kier alpha value is -3.57. The molecule has 0 bridgehead atoms. The van der Waals surface area contributed by atoms with Crippen molar-refractivity contribution in [3.05, 3.63) is 63.9 Å². The van der Waals surface area contributed by atoms with Crippen LogP contribution in [0.5, 0.6) is 5.75 Å². The summed E-state index contributed by atoms with van der Waals surface area (Å²) in [6.45, 7) is 1.59. The summed E-state index contributed by atoms with van der Waals surface area (Å²) in [5.41, 5.74) is 2.55. The summed E-state index contributed by atoms with van der Waals surface area (Å²) in [5, 5.41) is 15.4. The molecule has 4 rings (SSSR count). The van der Waals surface area contributed by atoms with Gasteiger partial charge >= 0.3 is 18.0 Å². The number of carbonyl (C=O) groups excluding carboxylic acids is 2. The second-order valence-electron chi connectivity index (χ2n) is 8.77. The van der Waals surface area contributed by atoms with E-state index in [1.165, 1.54) is 18.4 Å². The minimum atomic E-state index is -1.14. The molecule has 2 aromatic carbocycles. The van der Waals surface area contributed by atoms with Crippen molar-refractivity contribution in [2.45, 2.75) is 12.8 Å². The maximum atomic E-state index is 12.5. The SMILES string of the molecule is COC(=O)c1sc(-c2cccc(NCC3CCN(C(=O)Nc4ccccc4)CC3)c2)c(Br)c1OCC(=O)O. The summed E-state index contributed by atoms with van der Waals surface area (Å²) >= 11 is 4.65. The molecule has 0 saturated carbocycles. The molecule has 1 saturated heterocycles. The third kappa shape index (κ3) is 6.84. The number of methoxy groups -OCH3 is 1. The highest BCUT2D eigenvalue weighted by Crippen LogP contribution is 2.46. The van der Waals surface area contributed by atoms with Gasteiger partial charge in [0.05, 0.1) is 16.5 Å². The molecule has 3 N–H and O–H groups in total. The number of urea groups is 1. The van der Waals surface area contributed by atoms with Crippen molar-refractivity contribution in [1.82, 2.24) is 4.90 Å². The molecule has 1 aromatic heterocycles. The number of halogens is 1. The zero-order valence-corrected chi connectivity index (χ0v) is 23.1. The lowest BCUT2D eigenvalue weighted by Crippen LogP contribution is -2.42. The first-order valence-electron chi connectivity index (χ1n) is 12.1. The van der Waals surface area contributed by atoms with Crippen molar-refractivity contribution >= 4 is 56.6 Å². The van der Waals surface area contributed by atoms with Crippen LogP contribution in [0, 0.1) is 5.92 Å². The lowest BCUT2D eigenvalue weighted by molar-refractivity contribution is -0.139. The zero-order valence-electron chi connectivity index (χ0n) is 20.7. The van der Waals surface area contributed by atoms with E-state index < -0.39 is 18.5 Å². The van der Waals surface area contributed by atoms with E-state index in [4.69, 9.17) is 14.6 Å². The number of amides is 2. The number of carboxylic acid groups (broad SMARTS) is 1. The topological polar surface area (TPSA) is 117 Å². The number of nitrogens with zero attached hydrogens (tertiary/aromatic N) is 1. The van der Waals surface area contributed by atoms with Gasteiger partial charge in [-0.1, -0.05) is 30.3 Å². The number of piperidine rings is 1. The highest BCUT2D eigenvalue weighted by Gasteiger charge is 2.26. The highest BCUT2D eigenvalue weighted by molar-refractivity contribution is 9.10. The van der Waals surface area contributed by atoms with Crippen LogP contribution in [0.2, 0.25) is 0 Å². The standard InChI is InChI=1S/C27H28BrN3O6S/c1-36-26(34)25-23(37-16-21(32)33)22(28)24(38-25)18-6-5-9-20(14-18)29-15-17-10-12-31(13-11-17)27(35)30-19-7-3-2-4-8-19/h2-9,14,17,29H,10-13,15-16H2,1H3,(H,30,35)(H,32,33). The van der Waals surface area contributed by atoms with E-state index in [1.54, 1.807) is 0 Å². The minimum absolute atomic E-state index is 0.0742. The van der Waals surface area contributed by atoms with Gasteiger partial charge in [-0.05, 0) is 64.5 Å². The van der Waals surface area contributed by atoms with Crippen LogP contribution in [0.4, 0.5) is 16.2 Å². The van der Waals surface area contributed by atoms with E-state index in [9.17, 15) is 14.4 Å². The lowest BCUT2D eigenvalue weighted by atomic mass is 9.97. The van der Waals surface area contributed by atoms with E-state index in [0.717, 1.165) is 41.2 Å². The molecule has 11 heteroatoms. The number of nitrogens with one attached hydrogen (secondary N) is 2. The monoisotopic (exact) mass is 601 g/mol. The van der Waals surface area contributed by atoms with Gasteiger partial charge in [0.1, 0.15) is 0 Å². The number of aliphatic carboxylic acids is 1. The maximum absolute atomic E-state index is 12.5. The first kappa shape index (κ1) is 27.5. The molecule has 1 fully saturated rings. The molecule has 0 atom stereocenters. The van der Waals surface area contributed by atoms with Gasteiger partial charge in [0.25, 0.3) is 0 Å². The average Bonchev–Trinajstić information content (AvgIpc) is 3.27.